The largest absolute Gasteiger partial charge is 0.207 e. The van der Waals surface area contributed by atoms with Crippen molar-refractivity contribution >= 4 is 5.57 Å². The van der Waals surface area contributed by atoms with Crippen molar-refractivity contribution in [2.24, 2.45) is 0 Å². The van der Waals surface area contributed by atoms with E-state index in [1.54, 1.807) is 0 Å². The van der Waals surface area contributed by atoms with E-state index in [2.05, 4.69) is 19.9 Å². The maximum Gasteiger partial charge on any atom is 0.123 e. The minimum absolute atomic E-state index is 0.162. The van der Waals surface area contributed by atoms with Gasteiger partial charge in [-0.1, -0.05) is 44.9 Å². The zero-order chi connectivity index (χ0) is 11.1. The zero-order valence-corrected chi connectivity index (χ0v) is 9.59. The third-order valence-corrected chi connectivity index (χ3v) is 2.41. The van der Waals surface area contributed by atoms with Gasteiger partial charge in [0.2, 0.25) is 0 Å². The Morgan fingerprint density at radius 3 is 2.33 bits per heavy atom. The Morgan fingerprint density at radius 1 is 1.13 bits per heavy atom. The van der Waals surface area contributed by atoms with Crippen LogP contribution in [0.4, 0.5) is 4.39 Å². The Bertz CT molecular complexity index is 309. The van der Waals surface area contributed by atoms with Crippen molar-refractivity contribution in [3.8, 4) is 0 Å². The van der Waals surface area contributed by atoms with E-state index in [4.69, 9.17) is 0 Å². The Labute approximate surface area is 91.8 Å². The molecule has 0 unspecified atom stereocenters. The lowest BCUT2D eigenvalue weighted by molar-refractivity contribution is 0.627. The van der Waals surface area contributed by atoms with E-state index in [0.717, 1.165) is 31.2 Å². The third kappa shape index (κ3) is 3.86. The van der Waals surface area contributed by atoms with Crippen LogP contribution in [-0.4, -0.2) is 0 Å². The van der Waals surface area contributed by atoms with Crippen molar-refractivity contribution < 1.29 is 4.39 Å². The summed E-state index contributed by atoms with van der Waals surface area (Å²) < 4.78 is 12.8. The second-order valence-corrected chi connectivity index (χ2v) is 3.77. The van der Waals surface area contributed by atoms with E-state index in [1.165, 1.54) is 17.7 Å². The summed E-state index contributed by atoms with van der Waals surface area (Å²) in [6.07, 6.45) is 6.75. The van der Waals surface area contributed by atoms with E-state index in [1.807, 2.05) is 12.1 Å². The summed E-state index contributed by atoms with van der Waals surface area (Å²) in [6.45, 7) is 4.34. The fourth-order valence-electron chi connectivity index (χ4n) is 1.62. The predicted octanol–water partition coefficient (Wildman–Crippen LogP) is 4.81. The molecule has 0 heterocycles. The fraction of sp³-hybridized carbons (Fsp3) is 0.429. The first-order valence-electron chi connectivity index (χ1n) is 5.73. The van der Waals surface area contributed by atoms with Crippen LogP contribution in [0.5, 0.6) is 0 Å². The van der Waals surface area contributed by atoms with Gasteiger partial charge in [0.1, 0.15) is 5.82 Å². The molecule has 0 aromatic heterocycles. The Morgan fingerprint density at radius 2 is 1.80 bits per heavy atom. The molecule has 0 bridgehead atoms. The first kappa shape index (κ1) is 12.0. The second-order valence-electron chi connectivity index (χ2n) is 3.77. The SMILES string of the molecule is CCC/C=C(\CCC)c1ccc(F)cc1. The lowest BCUT2D eigenvalue weighted by atomic mass is 10.00. The molecular weight excluding hydrogens is 187 g/mol. The van der Waals surface area contributed by atoms with Crippen molar-refractivity contribution in [3.63, 3.8) is 0 Å². The molecule has 15 heavy (non-hydrogen) atoms. The van der Waals surface area contributed by atoms with Crippen molar-refractivity contribution in [2.75, 3.05) is 0 Å². The molecule has 0 amide bonds. The van der Waals surface area contributed by atoms with Gasteiger partial charge in [0, 0.05) is 0 Å². The summed E-state index contributed by atoms with van der Waals surface area (Å²) in [4.78, 5) is 0. The highest BCUT2D eigenvalue weighted by Gasteiger charge is 2.00. The highest BCUT2D eigenvalue weighted by molar-refractivity contribution is 5.65. The number of allylic oxidation sites excluding steroid dienone is 2. The third-order valence-electron chi connectivity index (χ3n) is 2.41. The second kappa shape index (κ2) is 6.39. The molecule has 0 saturated heterocycles. The number of hydrogen-bond acceptors (Lipinski definition) is 0. The highest BCUT2D eigenvalue weighted by atomic mass is 19.1. The quantitative estimate of drug-likeness (QED) is 0.648. The van der Waals surface area contributed by atoms with Gasteiger partial charge in [-0.2, -0.15) is 0 Å². The van der Waals surface area contributed by atoms with Gasteiger partial charge in [-0.15, -0.1) is 0 Å². The normalized spacial score (nSPS) is 11.8. The summed E-state index contributed by atoms with van der Waals surface area (Å²) in [5.74, 6) is -0.162. The minimum atomic E-state index is -0.162. The van der Waals surface area contributed by atoms with Crippen LogP contribution in [-0.2, 0) is 0 Å². The van der Waals surface area contributed by atoms with Crippen LogP contribution in [0, 0.1) is 5.82 Å². The average molecular weight is 206 g/mol. The predicted molar refractivity (Wildman–Crippen MR) is 64.2 cm³/mol. The molecule has 0 aliphatic heterocycles. The summed E-state index contributed by atoms with van der Waals surface area (Å²) >= 11 is 0. The van der Waals surface area contributed by atoms with Crippen LogP contribution in [0.2, 0.25) is 0 Å². The van der Waals surface area contributed by atoms with Crippen LogP contribution >= 0.6 is 0 Å². The van der Waals surface area contributed by atoms with Gasteiger partial charge in [0.25, 0.3) is 0 Å². The Balaban J connectivity index is 2.83. The molecule has 1 aromatic rings. The van der Waals surface area contributed by atoms with E-state index in [0.29, 0.717) is 0 Å². The lowest BCUT2D eigenvalue weighted by Crippen LogP contribution is -1.85. The molecule has 1 aromatic carbocycles. The van der Waals surface area contributed by atoms with Crippen LogP contribution in [0.1, 0.15) is 45.1 Å². The smallest absolute Gasteiger partial charge is 0.123 e. The number of benzene rings is 1. The highest BCUT2D eigenvalue weighted by Crippen LogP contribution is 2.21. The molecule has 0 saturated carbocycles. The molecule has 1 rings (SSSR count). The van der Waals surface area contributed by atoms with Gasteiger partial charge in [-0.25, -0.2) is 4.39 Å². The number of hydrogen-bond donors (Lipinski definition) is 0. The van der Waals surface area contributed by atoms with Crippen molar-refractivity contribution in [1.29, 1.82) is 0 Å². The van der Waals surface area contributed by atoms with Crippen LogP contribution < -0.4 is 0 Å². The van der Waals surface area contributed by atoms with Gasteiger partial charge < -0.3 is 0 Å². The van der Waals surface area contributed by atoms with Crippen molar-refractivity contribution in [1.82, 2.24) is 0 Å². The topological polar surface area (TPSA) is 0 Å². The van der Waals surface area contributed by atoms with Gasteiger partial charge >= 0.3 is 0 Å². The van der Waals surface area contributed by atoms with Gasteiger partial charge in [0.15, 0.2) is 0 Å². The van der Waals surface area contributed by atoms with Gasteiger partial charge in [-0.05, 0) is 36.1 Å². The van der Waals surface area contributed by atoms with Crippen LogP contribution in [0.25, 0.3) is 5.57 Å². The first-order chi connectivity index (χ1) is 7.27. The van der Waals surface area contributed by atoms with Crippen LogP contribution in [0.3, 0.4) is 0 Å². The van der Waals surface area contributed by atoms with E-state index >= 15 is 0 Å². The van der Waals surface area contributed by atoms with Gasteiger partial charge in [-0.3, -0.25) is 0 Å². The average Bonchev–Trinajstić information content (AvgIpc) is 2.25. The molecule has 1 heteroatoms. The Hall–Kier alpha value is -1.11. The summed E-state index contributed by atoms with van der Waals surface area (Å²) in [5, 5.41) is 0. The lowest BCUT2D eigenvalue weighted by Gasteiger charge is -2.06. The maximum atomic E-state index is 12.8. The fourth-order valence-corrected chi connectivity index (χ4v) is 1.62. The minimum Gasteiger partial charge on any atom is -0.207 e. The zero-order valence-electron chi connectivity index (χ0n) is 9.59. The molecule has 0 radical (unpaired) electrons. The van der Waals surface area contributed by atoms with Crippen molar-refractivity contribution in [3.05, 3.63) is 41.7 Å². The molecule has 0 aliphatic carbocycles. The summed E-state index contributed by atoms with van der Waals surface area (Å²) in [6, 6.07) is 6.80. The summed E-state index contributed by atoms with van der Waals surface area (Å²) in [7, 11) is 0. The molecular formula is C14H19F. The van der Waals surface area contributed by atoms with E-state index in [-0.39, 0.29) is 5.82 Å². The summed E-state index contributed by atoms with van der Waals surface area (Å²) in [5.41, 5.74) is 2.51. The standard InChI is InChI=1S/C14H19F/c1-3-5-7-12(6-4-2)13-8-10-14(15)11-9-13/h7-11H,3-6H2,1-2H3/b12-7+. The molecule has 0 nitrogen and oxygen atoms in total. The number of rotatable bonds is 5. The number of halogens is 1. The molecule has 0 spiro atoms. The number of unbranched alkanes of at least 4 members (excludes halogenated alkanes) is 1. The monoisotopic (exact) mass is 206 g/mol. The molecule has 82 valence electrons. The Kier molecular flexibility index (Phi) is 5.09. The van der Waals surface area contributed by atoms with Crippen LogP contribution in [0.15, 0.2) is 30.3 Å². The molecule has 0 aliphatic rings. The molecule has 0 fully saturated rings. The first-order valence-corrected chi connectivity index (χ1v) is 5.73. The van der Waals surface area contributed by atoms with Gasteiger partial charge in [0.05, 0.1) is 0 Å². The van der Waals surface area contributed by atoms with Crippen molar-refractivity contribution in [2.45, 2.75) is 39.5 Å². The maximum absolute atomic E-state index is 12.8. The van der Waals surface area contributed by atoms with E-state index in [9.17, 15) is 4.39 Å². The molecule has 0 N–H and O–H groups in total. The van der Waals surface area contributed by atoms with E-state index < -0.39 is 0 Å². The molecule has 0 atom stereocenters.